The maximum absolute atomic E-state index is 12.8. The molecular formula is C14H18F3N3O. The van der Waals surface area contributed by atoms with E-state index in [0.29, 0.717) is 24.2 Å². The van der Waals surface area contributed by atoms with E-state index in [4.69, 9.17) is 5.73 Å². The lowest BCUT2D eigenvalue weighted by Crippen LogP contribution is -2.38. The Morgan fingerprint density at radius 1 is 1.43 bits per heavy atom. The molecule has 0 spiro atoms. The van der Waals surface area contributed by atoms with Crippen molar-refractivity contribution in [3.05, 3.63) is 18.5 Å². The van der Waals surface area contributed by atoms with Crippen LogP contribution in [0.25, 0.3) is 0 Å². The van der Waals surface area contributed by atoms with Crippen molar-refractivity contribution in [3.8, 4) is 0 Å². The highest BCUT2D eigenvalue weighted by molar-refractivity contribution is 5.97. The predicted molar refractivity (Wildman–Crippen MR) is 73.6 cm³/mol. The maximum Gasteiger partial charge on any atom is 0.391 e. The molecular weight excluding hydrogens is 283 g/mol. The van der Waals surface area contributed by atoms with Gasteiger partial charge in [-0.25, -0.2) is 0 Å². The highest BCUT2D eigenvalue weighted by Crippen LogP contribution is 2.40. The lowest BCUT2D eigenvalue weighted by atomic mass is 9.80. The first kappa shape index (κ1) is 15.6. The van der Waals surface area contributed by atoms with Crippen molar-refractivity contribution >= 4 is 17.3 Å². The third-order valence-corrected chi connectivity index (χ3v) is 4.01. The number of hydrogen-bond donors (Lipinski definition) is 1. The Kier molecular flexibility index (Phi) is 4.39. The topological polar surface area (TPSA) is 59.2 Å². The Morgan fingerprint density at radius 2 is 2.14 bits per heavy atom. The molecule has 2 N–H and O–H groups in total. The van der Waals surface area contributed by atoms with Crippen LogP contribution in [0.2, 0.25) is 0 Å². The third-order valence-electron chi connectivity index (χ3n) is 4.01. The van der Waals surface area contributed by atoms with Gasteiger partial charge in [0.1, 0.15) is 0 Å². The van der Waals surface area contributed by atoms with Gasteiger partial charge in [-0.1, -0.05) is 6.42 Å². The molecule has 1 amide bonds. The fourth-order valence-electron chi connectivity index (χ4n) is 2.81. The quantitative estimate of drug-likeness (QED) is 0.913. The summed E-state index contributed by atoms with van der Waals surface area (Å²) in [5.74, 6) is -2.31. The molecule has 1 heterocycles. The molecule has 1 saturated carbocycles. The Bertz CT molecular complexity index is 518. The van der Waals surface area contributed by atoms with Crippen LogP contribution in [0.5, 0.6) is 0 Å². The van der Waals surface area contributed by atoms with Gasteiger partial charge in [-0.05, 0) is 25.3 Å². The van der Waals surface area contributed by atoms with Gasteiger partial charge in [0.25, 0.3) is 0 Å². The summed E-state index contributed by atoms with van der Waals surface area (Å²) in [5, 5.41) is 0. The molecule has 0 aliphatic heterocycles. The minimum Gasteiger partial charge on any atom is -0.396 e. The van der Waals surface area contributed by atoms with Gasteiger partial charge < -0.3 is 10.6 Å². The smallest absolute Gasteiger partial charge is 0.391 e. The number of alkyl halides is 3. The fraction of sp³-hybridized carbons (Fsp3) is 0.571. The zero-order valence-electron chi connectivity index (χ0n) is 11.7. The van der Waals surface area contributed by atoms with E-state index in [-0.39, 0.29) is 18.7 Å². The van der Waals surface area contributed by atoms with Crippen LogP contribution in [0.1, 0.15) is 25.7 Å². The summed E-state index contributed by atoms with van der Waals surface area (Å²) in [7, 11) is 1.53. The van der Waals surface area contributed by atoms with Crippen LogP contribution in [0.3, 0.4) is 0 Å². The highest BCUT2D eigenvalue weighted by Gasteiger charge is 2.44. The average molecular weight is 301 g/mol. The SMILES string of the molecule is CN(C(=O)C1CCCC(C(F)(F)F)C1)c1ccncc1N. The van der Waals surface area contributed by atoms with Crippen molar-refractivity contribution in [3.63, 3.8) is 0 Å². The third kappa shape index (κ3) is 3.46. The highest BCUT2D eigenvalue weighted by atomic mass is 19.4. The van der Waals surface area contributed by atoms with E-state index >= 15 is 0 Å². The number of nitrogens with two attached hydrogens (primary N) is 1. The van der Waals surface area contributed by atoms with E-state index in [1.165, 1.54) is 24.3 Å². The summed E-state index contributed by atoms with van der Waals surface area (Å²) in [4.78, 5) is 17.6. The molecule has 1 aromatic heterocycles. The molecule has 2 rings (SSSR count). The fourth-order valence-corrected chi connectivity index (χ4v) is 2.81. The van der Waals surface area contributed by atoms with Crippen molar-refractivity contribution in [1.29, 1.82) is 0 Å². The Balaban J connectivity index is 2.11. The Hall–Kier alpha value is -1.79. The van der Waals surface area contributed by atoms with E-state index in [9.17, 15) is 18.0 Å². The molecule has 1 fully saturated rings. The summed E-state index contributed by atoms with van der Waals surface area (Å²) >= 11 is 0. The van der Waals surface area contributed by atoms with Gasteiger partial charge in [-0.3, -0.25) is 9.78 Å². The summed E-state index contributed by atoms with van der Waals surface area (Å²) in [5.41, 5.74) is 6.56. The number of nitrogen functional groups attached to an aromatic ring is 1. The van der Waals surface area contributed by atoms with Gasteiger partial charge in [-0.15, -0.1) is 0 Å². The predicted octanol–water partition coefficient (Wildman–Crippen LogP) is 3.00. The Morgan fingerprint density at radius 3 is 2.76 bits per heavy atom. The molecule has 1 aliphatic rings. The number of carbonyl (C=O) groups excluding carboxylic acids is 1. The number of anilines is 2. The van der Waals surface area contributed by atoms with Crippen molar-refractivity contribution in [2.75, 3.05) is 17.7 Å². The van der Waals surface area contributed by atoms with Crippen molar-refractivity contribution in [1.82, 2.24) is 4.98 Å². The Labute approximate surface area is 121 Å². The van der Waals surface area contributed by atoms with Crippen LogP contribution in [-0.4, -0.2) is 24.1 Å². The molecule has 0 aromatic carbocycles. The monoisotopic (exact) mass is 301 g/mol. The van der Waals surface area contributed by atoms with Gasteiger partial charge in [0.15, 0.2) is 0 Å². The number of rotatable bonds is 2. The molecule has 116 valence electrons. The van der Waals surface area contributed by atoms with Crippen LogP contribution in [0.4, 0.5) is 24.5 Å². The number of halogens is 3. The standard InChI is InChI=1S/C14H18F3N3O/c1-20(12-5-6-19-8-11(12)18)13(21)9-3-2-4-10(7-9)14(15,16)17/h5-6,8-10H,2-4,7,18H2,1H3. The summed E-state index contributed by atoms with van der Waals surface area (Å²) in [6, 6.07) is 1.58. The summed E-state index contributed by atoms with van der Waals surface area (Å²) in [6.45, 7) is 0. The second-order valence-electron chi connectivity index (χ2n) is 5.43. The molecule has 0 radical (unpaired) electrons. The number of aromatic nitrogens is 1. The van der Waals surface area contributed by atoms with Crippen molar-refractivity contribution < 1.29 is 18.0 Å². The lowest BCUT2D eigenvalue weighted by Gasteiger charge is -2.32. The first-order chi connectivity index (χ1) is 9.80. The van der Waals surface area contributed by atoms with Gasteiger partial charge in [0.05, 0.1) is 23.5 Å². The van der Waals surface area contributed by atoms with E-state index in [1.54, 1.807) is 6.07 Å². The first-order valence-electron chi connectivity index (χ1n) is 6.84. The number of pyridine rings is 1. The molecule has 21 heavy (non-hydrogen) atoms. The summed E-state index contributed by atoms with van der Waals surface area (Å²) < 4.78 is 38.4. The molecule has 1 aliphatic carbocycles. The normalized spacial score (nSPS) is 22.9. The second kappa shape index (κ2) is 5.91. The van der Waals surface area contributed by atoms with Gasteiger partial charge in [-0.2, -0.15) is 13.2 Å². The van der Waals surface area contributed by atoms with Crippen LogP contribution in [0, 0.1) is 11.8 Å². The van der Waals surface area contributed by atoms with Gasteiger partial charge >= 0.3 is 6.18 Å². The molecule has 2 unspecified atom stereocenters. The molecule has 2 atom stereocenters. The maximum atomic E-state index is 12.8. The van der Waals surface area contributed by atoms with Gasteiger partial charge in [0.2, 0.25) is 5.91 Å². The van der Waals surface area contributed by atoms with Crippen molar-refractivity contribution in [2.24, 2.45) is 11.8 Å². The number of amides is 1. The van der Waals surface area contributed by atoms with E-state index < -0.39 is 18.0 Å². The minimum absolute atomic E-state index is 0.106. The van der Waals surface area contributed by atoms with E-state index in [2.05, 4.69) is 4.98 Å². The van der Waals surface area contributed by atoms with E-state index in [0.717, 1.165) is 0 Å². The first-order valence-corrected chi connectivity index (χ1v) is 6.84. The largest absolute Gasteiger partial charge is 0.396 e. The zero-order valence-corrected chi connectivity index (χ0v) is 11.7. The zero-order chi connectivity index (χ0) is 15.6. The second-order valence-corrected chi connectivity index (χ2v) is 5.43. The minimum atomic E-state index is -4.23. The van der Waals surface area contributed by atoms with Crippen LogP contribution < -0.4 is 10.6 Å². The van der Waals surface area contributed by atoms with Gasteiger partial charge in [0, 0.05) is 19.2 Å². The number of carbonyl (C=O) groups is 1. The molecule has 0 saturated heterocycles. The van der Waals surface area contributed by atoms with Crippen molar-refractivity contribution in [2.45, 2.75) is 31.9 Å². The molecule has 4 nitrogen and oxygen atoms in total. The average Bonchev–Trinajstić information content (AvgIpc) is 2.45. The molecule has 1 aromatic rings. The van der Waals surface area contributed by atoms with Crippen LogP contribution in [0.15, 0.2) is 18.5 Å². The number of nitrogens with zero attached hydrogens (tertiary/aromatic N) is 2. The lowest BCUT2D eigenvalue weighted by molar-refractivity contribution is -0.186. The van der Waals surface area contributed by atoms with Crippen LogP contribution in [-0.2, 0) is 4.79 Å². The number of hydrogen-bond acceptors (Lipinski definition) is 3. The van der Waals surface area contributed by atoms with E-state index in [1.807, 2.05) is 0 Å². The molecule has 7 heteroatoms. The van der Waals surface area contributed by atoms with Crippen LogP contribution >= 0.6 is 0 Å². The summed E-state index contributed by atoms with van der Waals surface area (Å²) in [6.07, 6.45) is -0.451. The molecule has 0 bridgehead atoms.